The van der Waals surface area contributed by atoms with Gasteiger partial charge in [-0.2, -0.15) is 0 Å². The summed E-state index contributed by atoms with van der Waals surface area (Å²) in [6.07, 6.45) is 2.20. The molecule has 72 valence electrons. The third-order valence-corrected chi connectivity index (χ3v) is 3.48. The standard InChI is InChI=1S/C9H14N2OS/c1-6(2)11-9(12)8-7(10-11)4-3-5-13-8/h6,10H,3-5H2,1-2H3. The van der Waals surface area contributed by atoms with Crippen LogP contribution in [0.15, 0.2) is 9.69 Å². The molecule has 1 aromatic rings. The largest absolute Gasteiger partial charge is 0.298 e. The van der Waals surface area contributed by atoms with Crippen LogP contribution < -0.4 is 5.56 Å². The van der Waals surface area contributed by atoms with E-state index in [9.17, 15) is 4.79 Å². The first-order valence-electron chi connectivity index (χ1n) is 4.66. The number of aromatic nitrogens is 2. The Labute approximate surface area is 81.5 Å². The van der Waals surface area contributed by atoms with E-state index >= 15 is 0 Å². The number of nitrogens with one attached hydrogen (secondary N) is 1. The van der Waals surface area contributed by atoms with Gasteiger partial charge in [-0.25, -0.2) is 4.68 Å². The van der Waals surface area contributed by atoms with Crippen LogP contribution in [0.1, 0.15) is 32.0 Å². The van der Waals surface area contributed by atoms with Gasteiger partial charge in [-0.3, -0.25) is 9.89 Å². The predicted molar refractivity (Wildman–Crippen MR) is 54.5 cm³/mol. The van der Waals surface area contributed by atoms with Crippen molar-refractivity contribution in [2.24, 2.45) is 0 Å². The Hall–Kier alpha value is -0.640. The van der Waals surface area contributed by atoms with E-state index in [1.54, 1.807) is 16.4 Å². The summed E-state index contributed by atoms with van der Waals surface area (Å²) >= 11 is 1.69. The number of hydrogen-bond donors (Lipinski definition) is 1. The normalized spacial score (nSPS) is 16.2. The fourth-order valence-electron chi connectivity index (χ4n) is 1.59. The quantitative estimate of drug-likeness (QED) is 0.747. The first kappa shape index (κ1) is 8.94. The molecule has 1 N–H and O–H groups in total. The zero-order valence-corrected chi connectivity index (χ0v) is 8.78. The Bertz CT molecular complexity index is 364. The Morgan fingerprint density at radius 2 is 2.31 bits per heavy atom. The molecule has 3 nitrogen and oxygen atoms in total. The van der Waals surface area contributed by atoms with Gasteiger partial charge in [0.15, 0.2) is 0 Å². The summed E-state index contributed by atoms with van der Waals surface area (Å²) in [7, 11) is 0. The fourth-order valence-corrected chi connectivity index (χ4v) is 2.63. The molecule has 0 saturated heterocycles. The van der Waals surface area contributed by atoms with Crippen LogP contribution in [0.25, 0.3) is 0 Å². The van der Waals surface area contributed by atoms with E-state index in [4.69, 9.17) is 0 Å². The lowest BCUT2D eigenvalue weighted by Gasteiger charge is -2.07. The average Bonchev–Trinajstić information content (AvgIpc) is 2.45. The molecule has 0 unspecified atom stereocenters. The second-order valence-electron chi connectivity index (χ2n) is 3.64. The number of nitrogens with zero attached hydrogens (tertiary/aromatic N) is 1. The second kappa shape index (κ2) is 3.25. The number of thioether (sulfide) groups is 1. The van der Waals surface area contributed by atoms with E-state index in [0.717, 1.165) is 22.8 Å². The Balaban J connectivity index is 2.51. The SMILES string of the molecule is CC(C)n1[nH]c2c(c1=O)SCCC2. The molecule has 0 amide bonds. The van der Waals surface area contributed by atoms with Gasteiger partial charge in [-0.05, 0) is 32.4 Å². The van der Waals surface area contributed by atoms with Gasteiger partial charge >= 0.3 is 0 Å². The lowest BCUT2D eigenvalue weighted by molar-refractivity contribution is 0.510. The summed E-state index contributed by atoms with van der Waals surface area (Å²) < 4.78 is 1.73. The van der Waals surface area contributed by atoms with Crippen molar-refractivity contribution in [2.45, 2.75) is 37.6 Å². The topological polar surface area (TPSA) is 37.8 Å². The number of fused-ring (bicyclic) bond motifs is 1. The highest BCUT2D eigenvalue weighted by Crippen LogP contribution is 2.25. The zero-order valence-electron chi connectivity index (χ0n) is 7.96. The van der Waals surface area contributed by atoms with E-state index in [2.05, 4.69) is 5.10 Å². The van der Waals surface area contributed by atoms with Gasteiger partial charge in [0.1, 0.15) is 0 Å². The van der Waals surface area contributed by atoms with Gasteiger partial charge in [-0.15, -0.1) is 11.8 Å². The van der Waals surface area contributed by atoms with E-state index in [-0.39, 0.29) is 11.6 Å². The zero-order chi connectivity index (χ0) is 9.42. The van der Waals surface area contributed by atoms with Crippen molar-refractivity contribution in [2.75, 3.05) is 5.75 Å². The molecule has 1 aliphatic rings. The number of hydrogen-bond acceptors (Lipinski definition) is 2. The van der Waals surface area contributed by atoms with Crippen LogP contribution in [0.5, 0.6) is 0 Å². The summed E-state index contributed by atoms with van der Waals surface area (Å²) in [6.45, 7) is 4.04. The van der Waals surface area contributed by atoms with E-state index in [0.29, 0.717) is 0 Å². The van der Waals surface area contributed by atoms with Crippen molar-refractivity contribution in [1.29, 1.82) is 0 Å². The van der Waals surface area contributed by atoms with Gasteiger partial charge in [0, 0.05) is 6.04 Å². The maximum absolute atomic E-state index is 11.8. The number of aromatic amines is 1. The van der Waals surface area contributed by atoms with Crippen LogP contribution >= 0.6 is 11.8 Å². The van der Waals surface area contributed by atoms with Gasteiger partial charge in [0.25, 0.3) is 5.56 Å². The molecule has 0 saturated carbocycles. The number of rotatable bonds is 1. The summed E-state index contributed by atoms with van der Waals surface area (Å²) in [6, 6.07) is 0.235. The van der Waals surface area contributed by atoms with Crippen LogP contribution in [-0.4, -0.2) is 15.5 Å². The van der Waals surface area contributed by atoms with Gasteiger partial charge < -0.3 is 0 Å². The van der Waals surface area contributed by atoms with Crippen molar-refractivity contribution in [3.05, 3.63) is 16.0 Å². The van der Waals surface area contributed by atoms with Gasteiger partial charge in [0.05, 0.1) is 10.6 Å². The highest BCUT2D eigenvalue weighted by atomic mass is 32.2. The molecule has 0 radical (unpaired) electrons. The lowest BCUT2D eigenvalue weighted by atomic mass is 10.2. The third kappa shape index (κ3) is 1.43. The van der Waals surface area contributed by atoms with Crippen molar-refractivity contribution in [3.63, 3.8) is 0 Å². The van der Waals surface area contributed by atoms with Crippen LogP contribution in [0.3, 0.4) is 0 Å². The van der Waals surface area contributed by atoms with Crippen LogP contribution in [-0.2, 0) is 6.42 Å². The Morgan fingerprint density at radius 3 is 2.92 bits per heavy atom. The molecular weight excluding hydrogens is 184 g/mol. The molecule has 2 rings (SSSR count). The molecule has 1 aliphatic heterocycles. The van der Waals surface area contributed by atoms with Crippen molar-refractivity contribution in [1.82, 2.24) is 9.78 Å². The molecule has 2 heterocycles. The van der Waals surface area contributed by atoms with Crippen LogP contribution in [0.4, 0.5) is 0 Å². The van der Waals surface area contributed by atoms with Gasteiger partial charge in [-0.1, -0.05) is 0 Å². The summed E-state index contributed by atoms with van der Waals surface area (Å²) in [4.78, 5) is 12.7. The highest BCUT2D eigenvalue weighted by Gasteiger charge is 2.18. The monoisotopic (exact) mass is 198 g/mol. The Morgan fingerprint density at radius 1 is 1.54 bits per heavy atom. The predicted octanol–water partition coefficient (Wildman–Crippen LogP) is 1.80. The average molecular weight is 198 g/mol. The minimum absolute atomic E-state index is 0.162. The summed E-state index contributed by atoms with van der Waals surface area (Å²) in [5.74, 6) is 1.08. The maximum atomic E-state index is 11.8. The first-order chi connectivity index (χ1) is 6.20. The molecule has 0 bridgehead atoms. The van der Waals surface area contributed by atoms with Crippen molar-refractivity contribution >= 4 is 11.8 Å². The highest BCUT2D eigenvalue weighted by molar-refractivity contribution is 7.99. The van der Waals surface area contributed by atoms with Gasteiger partial charge in [0.2, 0.25) is 0 Å². The summed E-state index contributed by atoms with van der Waals surface area (Å²) in [5, 5.41) is 3.18. The Kier molecular flexibility index (Phi) is 2.24. The molecule has 0 fully saturated rings. The van der Waals surface area contributed by atoms with E-state index < -0.39 is 0 Å². The van der Waals surface area contributed by atoms with Crippen molar-refractivity contribution < 1.29 is 0 Å². The van der Waals surface area contributed by atoms with Crippen LogP contribution in [0, 0.1) is 0 Å². The lowest BCUT2D eigenvalue weighted by Crippen LogP contribution is -2.19. The summed E-state index contributed by atoms with van der Waals surface area (Å²) in [5.41, 5.74) is 1.30. The molecule has 0 aromatic carbocycles. The molecule has 4 heteroatoms. The molecule has 13 heavy (non-hydrogen) atoms. The van der Waals surface area contributed by atoms with Crippen LogP contribution in [0.2, 0.25) is 0 Å². The number of aryl methyl sites for hydroxylation is 1. The minimum atomic E-state index is 0.162. The molecule has 0 spiro atoms. The molecule has 1 aromatic heterocycles. The first-order valence-corrected chi connectivity index (χ1v) is 5.65. The molecule has 0 aliphatic carbocycles. The third-order valence-electron chi connectivity index (χ3n) is 2.28. The van der Waals surface area contributed by atoms with E-state index in [1.807, 2.05) is 13.8 Å². The maximum Gasteiger partial charge on any atom is 0.280 e. The molecule has 0 atom stereocenters. The second-order valence-corrected chi connectivity index (χ2v) is 4.75. The molecular formula is C9H14N2OS. The van der Waals surface area contributed by atoms with Crippen molar-refractivity contribution in [3.8, 4) is 0 Å². The minimum Gasteiger partial charge on any atom is -0.298 e. The van der Waals surface area contributed by atoms with E-state index in [1.165, 1.54) is 6.42 Å². The smallest absolute Gasteiger partial charge is 0.280 e. The fraction of sp³-hybridized carbons (Fsp3) is 0.667. The number of H-pyrrole nitrogens is 1.